The van der Waals surface area contributed by atoms with Crippen LogP contribution in [0.2, 0.25) is 0 Å². The summed E-state index contributed by atoms with van der Waals surface area (Å²) in [5.74, 6) is 0.894. The van der Waals surface area contributed by atoms with Crippen LogP contribution in [0.15, 0.2) is 60.5 Å². The fourth-order valence-electron chi connectivity index (χ4n) is 6.29. The fraction of sp³-hybridized carbons (Fsp3) is 0.516. The van der Waals surface area contributed by atoms with Crippen molar-refractivity contribution < 1.29 is 0 Å². The normalized spacial score (nSPS) is 19.5. The van der Waals surface area contributed by atoms with Crippen LogP contribution < -0.4 is 10.6 Å². The van der Waals surface area contributed by atoms with Gasteiger partial charge in [0.25, 0.3) is 0 Å². The monoisotopic (exact) mass is 513 g/mol. The third-order valence-electron chi connectivity index (χ3n) is 8.85. The molecule has 1 aromatic carbocycles. The van der Waals surface area contributed by atoms with Crippen LogP contribution in [-0.4, -0.2) is 71.3 Å². The van der Waals surface area contributed by atoms with Crippen LogP contribution in [0.3, 0.4) is 0 Å². The second-order valence-corrected chi connectivity index (χ2v) is 11.3. The van der Waals surface area contributed by atoms with Gasteiger partial charge in [0.05, 0.1) is 22.8 Å². The highest BCUT2D eigenvalue weighted by molar-refractivity contribution is 5.97. The van der Waals surface area contributed by atoms with Gasteiger partial charge in [0.1, 0.15) is 12.1 Å². The molecule has 2 fully saturated rings. The van der Waals surface area contributed by atoms with Crippen molar-refractivity contribution in [1.29, 1.82) is 0 Å². The second-order valence-electron chi connectivity index (χ2n) is 11.3. The number of likely N-dealkylation sites (tertiary alicyclic amines) is 1. The summed E-state index contributed by atoms with van der Waals surface area (Å²) in [5.41, 5.74) is 7.29. The molecule has 0 radical (unpaired) electrons. The van der Waals surface area contributed by atoms with E-state index in [1.165, 1.54) is 36.8 Å². The highest BCUT2D eigenvalue weighted by atomic mass is 15.2. The topological polar surface area (TPSA) is 68.7 Å². The molecule has 1 aromatic heterocycles. The molecule has 0 amide bonds. The minimum absolute atomic E-state index is 0.461. The summed E-state index contributed by atoms with van der Waals surface area (Å²) in [5, 5.41) is 7.13. The molecule has 5 rings (SSSR count). The zero-order valence-corrected chi connectivity index (χ0v) is 23.2. The molecular formula is C31H43N7. The number of fused-ring (bicyclic) bond motifs is 1. The van der Waals surface area contributed by atoms with E-state index in [2.05, 4.69) is 72.8 Å². The number of piperidine rings is 1. The number of nitrogens with zero attached hydrogens (tertiary/aromatic N) is 5. The Balaban J connectivity index is 1.02. The van der Waals surface area contributed by atoms with E-state index in [0.717, 1.165) is 80.7 Å². The Morgan fingerprint density at radius 2 is 1.87 bits per heavy atom. The van der Waals surface area contributed by atoms with E-state index in [4.69, 9.17) is 0 Å². The number of hydrogen-bond acceptors (Lipinski definition) is 7. The SMILES string of the molecule is C=C(NCCCN1CCc2ccccc2C1)c1cc(NC2CC3(CCN(C(=C)C(C)=NC)CC3)C2)ncn1. The number of benzene rings is 1. The second kappa shape index (κ2) is 11.7. The first-order valence-corrected chi connectivity index (χ1v) is 14.1. The van der Waals surface area contributed by atoms with Gasteiger partial charge in [-0.3, -0.25) is 9.89 Å². The average Bonchev–Trinajstić information content (AvgIpc) is 2.94. The number of anilines is 1. The highest BCUT2D eigenvalue weighted by Gasteiger charge is 2.46. The summed E-state index contributed by atoms with van der Waals surface area (Å²) in [4.78, 5) is 18.2. The molecule has 1 saturated heterocycles. The lowest BCUT2D eigenvalue weighted by molar-refractivity contribution is 0.0371. The smallest absolute Gasteiger partial charge is 0.130 e. The van der Waals surface area contributed by atoms with Crippen molar-refractivity contribution in [2.45, 2.75) is 58.0 Å². The van der Waals surface area contributed by atoms with Gasteiger partial charge in [0.2, 0.25) is 0 Å². The molecule has 7 nitrogen and oxygen atoms in total. The van der Waals surface area contributed by atoms with E-state index in [1.54, 1.807) is 6.33 Å². The van der Waals surface area contributed by atoms with Gasteiger partial charge < -0.3 is 15.5 Å². The number of aromatic nitrogens is 2. The Labute approximate surface area is 228 Å². The predicted octanol–water partition coefficient (Wildman–Crippen LogP) is 4.75. The van der Waals surface area contributed by atoms with Gasteiger partial charge in [0.15, 0.2) is 0 Å². The Bertz CT molecular complexity index is 1170. The molecule has 2 aromatic rings. The Hall–Kier alpha value is -3.19. The molecule has 202 valence electrons. The third-order valence-corrected chi connectivity index (χ3v) is 8.85. The van der Waals surface area contributed by atoms with E-state index in [9.17, 15) is 0 Å². The molecule has 1 saturated carbocycles. The predicted molar refractivity (Wildman–Crippen MR) is 157 cm³/mol. The van der Waals surface area contributed by atoms with Gasteiger partial charge in [-0.1, -0.05) is 37.4 Å². The van der Waals surface area contributed by atoms with Crippen LogP contribution >= 0.6 is 0 Å². The highest BCUT2D eigenvalue weighted by Crippen LogP contribution is 2.50. The first-order valence-electron chi connectivity index (χ1n) is 14.1. The molecule has 38 heavy (non-hydrogen) atoms. The molecule has 1 aliphatic carbocycles. The van der Waals surface area contributed by atoms with Gasteiger partial charge in [-0.2, -0.15) is 0 Å². The lowest BCUT2D eigenvalue weighted by Gasteiger charge is -2.53. The Morgan fingerprint density at radius 3 is 2.63 bits per heavy atom. The van der Waals surface area contributed by atoms with Crippen molar-refractivity contribution in [3.63, 3.8) is 0 Å². The van der Waals surface area contributed by atoms with E-state index in [0.29, 0.717) is 11.5 Å². The molecule has 3 aliphatic rings. The molecule has 0 unspecified atom stereocenters. The van der Waals surface area contributed by atoms with Crippen molar-refractivity contribution in [1.82, 2.24) is 25.1 Å². The number of rotatable bonds is 10. The van der Waals surface area contributed by atoms with E-state index >= 15 is 0 Å². The number of aliphatic imine (C=N–C) groups is 1. The maximum absolute atomic E-state index is 4.49. The lowest BCUT2D eigenvalue weighted by atomic mass is 9.60. The van der Waals surface area contributed by atoms with Gasteiger partial charge >= 0.3 is 0 Å². The van der Waals surface area contributed by atoms with Crippen molar-refractivity contribution in [2.75, 3.05) is 45.1 Å². The summed E-state index contributed by atoms with van der Waals surface area (Å²) < 4.78 is 0. The van der Waals surface area contributed by atoms with Crippen LogP contribution in [0.5, 0.6) is 0 Å². The average molecular weight is 514 g/mol. The summed E-state index contributed by atoms with van der Waals surface area (Å²) in [6, 6.07) is 11.3. The van der Waals surface area contributed by atoms with Gasteiger partial charge in [-0.05, 0) is 62.0 Å². The van der Waals surface area contributed by atoms with Crippen LogP contribution in [0.1, 0.15) is 55.8 Å². The largest absolute Gasteiger partial charge is 0.384 e. The Morgan fingerprint density at radius 1 is 1.11 bits per heavy atom. The van der Waals surface area contributed by atoms with E-state index in [-0.39, 0.29) is 0 Å². The molecular weight excluding hydrogens is 470 g/mol. The van der Waals surface area contributed by atoms with E-state index < -0.39 is 0 Å². The van der Waals surface area contributed by atoms with E-state index in [1.807, 2.05) is 20.0 Å². The summed E-state index contributed by atoms with van der Waals surface area (Å²) in [6.07, 6.45) is 8.73. The molecule has 1 spiro atoms. The first kappa shape index (κ1) is 26.4. The van der Waals surface area contributed by atoms with Crippen molar-refractivity contribution >= 4 is 17.2 Å². The number of allylic oxidation sites excluding steroid dienone is 1. The molecule has 2 aliphatic heterocycles. The first-order chi connectivity index (χ1) is 18.4. The van der Waals surface area contributed by atoms with Gasteiger partial charge in [-0.25, -0.2) is 9.97 Å². The van der Waals surface area contributed by atoms with Crippen molar-refractivity contribution in [2.24, 2.45) is 10.4 Å². The molecule has 3 heterocycles. The molecule has 2 N–H and O–H groups in total. The van der Waals surface area contributed by atoms with Crippen LogP contribution in [0, 0.1) is 5.41 Å². The van der Waals surface area contributed by atoms with Crippen LogP contribution in [0.4, 0.5) is 5.82 Å². The maximum Gasteiger partial charge on any atom is 0.130 e. The van der Waals surface area contributed by atoms with Crippen molar-refractivity contribution in [3.05, 3.63) is 72.3 Å². The molecule has 0 atom stereocenters. The standard InChI is InChI=1S/C31H43N7/c1-23(32-4)25(3)38-16-11-31(12-17-38)19-28(20-31)36-30-18-29(34-22-35-30)24(2)33-13-7-14-37-15-10-26-8-5-6-9-27(26)21-37/h5-6,8-9,18,22,28,33H,2-3,7,10-17,19-21H2,1,4H3,(H,34,35,36). The van der Waals surface area contributed by atoms with Gasteiger partial charge in [-0.15, -0.1) is 0 Å². The lowest BCUT2D eigenvalue weighted by Crippen LogP contribution is -2.51. The number of nitrogens with one attached hydrogen (secondary N) is 2. The number of hydrogen-bond donors (Lipinski definition) is 2. The summed E-state index contributed by atoms with van der Waals surface area (Å²) in [7, 11) is 1.84. The summed E-state index contributed by atoms with van der Waals surface area (Å²) >= 11 is 0. The Kier molecular flexibility index (Phi) is 8.12. The minimum Gasteiger partial charge on any atom is -0.384 e. The van der Waals surface area contributed by atoms with Crippen LogP contribution in [0.25, 0.3) is 5.70 Å². The zero-order chi connectivity index (χ0) is 26.5. The van der Waals surface area contributed by atoms with Gasteiger partial charge in [0, 0.05) is 58.4 Å². The fourth-order valence-corrected chi connectivity index (χ4v) is 6.29. The zero-order valence-electron chi connectivity index (χ0n) is 23.2. The van der Waals surface area contributed by atoms with Crippen LogP contribution in [-0.2, 0) is 13.0 Å². The maximum atomic E-state index is 4.49. The molecule has 7 heteroatoms. The van der Waals surface area contributed by atoms with Crippen molar-refractivity contribution in [3.8, 4) is 0 Å². The third kappa shape index (κ3) is 6.09. The minimum atomic E-state index is 0.461. The summed E-state index contributed by atoms with van der Waals surface area (Å²) in [6.45, 7) is 16.9. The quantitative estimate of drug-likeness (QED) is 0.353. The molecule has 0 bridgehead atoms.